The number of para-hydroxylation sites is 2. The molecule has 0 aliphatic carbocycles. The molecule has 2 aromatic carbocycles. The lowest BCUT2D eigenvalue weighted by atomic mass is 9.60. The molecule has 0 radical (unpaired) electrons. The van der Waals surface area contributed by atoms with Gasteiger partial charge in [-0.25, -0.2) is 9.78 Å². The Morgan fingerprint density at radius 2 is 1.47 bits per heavy atom. The molecule has 0 bridgehead atoms. The lowest BCUT2D eigenvalue weighted by Crippen LogP contribution is -2.50. The zero-order valence-electron chi connectivity index (χ0n) is 25.5. The van der Waals surface area contributed by atoms with Crippen LogP contribution in [0.4, 0.5) is 29.3 Å². The van der Waals surface area contributed by atoms with Crippen molar-refractivity contribution in [3.63, 3.8) is 0 Å². The fourth-order valence-corrected chi connectivity index (χ4v) is 4.36. The van der Waals surface area contributed by atoms with Gasteiger partial charge in [0.15, 0.2) is 11.5 Å². The number of ether oxygens (including phenoxy) is 3. The van der Waals surface area contributed by atoms with E-state index in [9.17, 15) is 23.2 Å². The Balaban J connectivity index is 1.77. The van der Waals surface area contributed by atoms with Crippen LogP contribution in [-0.4, -0.2) is 23.5 Å². The molecule has 3 aromatic rings. The number of hydrogen-bond donors (Lipinski definition) is 2. The van der Waals surface area contributed by atoms with E-state index >= 15 is 0 Å². The number of amides is 2. The highest BCUT2D eigenvalue weighted by Crippen LogP contribution is 2.48. The first-order valence-electron chi connectivity index (χ1n) is 13.6. The Kier molecular flexibility index (Phi) is 9.54. The highest BCUT2D eigenvalue weighted by molar-refractivity contribution is 6.00. The van der Waals surface area contributed by atoms with Gasteiger partial charge in [0.25, 0.3) is 0 Å². The van der Waals surface area contributed by atoms with Gasteiger partial charge in [-0.05, 0) is 59.4 Å². The minimum atomic E-state index is -4.96. The number of pyridine rings is 1. The monoisotopic (exact) mass is 598 g/mol. The molecule has 0 fully saturated rings. The Bertz CT molecular complexity index is 1470. The van der Waals surface area contributed by atoms with Gasteiger partial charge in [-0.1, -0.05) is 67.5 Å². The van der Waals surface area contributed by atoms with Gasteiger partial charge >= 0.3 is 12.4 Å². The third-order valence-electron chi connectivity index (χ3n) is 7.25. The van der Waals surface area contributed by atoms with E-state index in [1.165, 1.54) is 30.3 Å². The zero-order chi connectivity index (χ0) is 32.2. The number of nitrogens with zero attached hydrogens (tertiary/aromatic N) is 2. The van der Waals surface area contributed by atoms with E-state index in [0.29, 0.717) is 11.4 Å². The molecular formula is C32H37F3N4O4. The van der Waals surface area contributed by atoms with Gasteiger partial charge in [0.2, 0.25) is 5.88 Å². The van der Waals surface area contributed by atoms with Crippen LogP contribution in [-0.2, 0) is 0 Å². The first-order valence-corrected chi connectivity index (χ1v) is 13.6. The number of urea groups is 1. The van der Waals surface area contributed by atoms with Crippen LogP contribution in [0.1, 0.15) is 61.1 Å². The van der Waals surface area contributed by atoms with Crippen molar-refractivity contribution in [2.75, 3.05) is 10.6 Å². The molecule has 1 aromatic heterocycles. The maximum Gasteiger partial charge on any atom is 0.573 e. The molecule has 2 amide bonds. The quantitative estimate of drug-likeness (QED) is 0.268. The molecule has 11 heteroatoms. The molecule has 0 aliphatic rings. The van der Waals surface area contributed by atoms with Crippen molar-refractivity contribution in [1.29, 1.82) is 5.26 Å². The highest BCUT2D eigenvalue weighted by Gasteiger charge is 2.47. The average molecular weight is 599 g/mol. The van der Waals surface area contributed by atoms with Crippen LogP contribution >= 0.6 is 0 Å². The number of alkyl halides is 3. The summed E-state index contributed by atoms with van der Waals surface area (Å²) in [4.78, 5) is 16.9. The van der Waals surface area contributed by atoms with E-state index < -0.39 is 18.1 Å². The number of nitrogens with one attached hydrogen (secondary N) is 2. The predicted molar refractivity (Wildman–Crippen MR) is 158 cm³/mol. The molecule has 0 saturated heterocycles. The predicted octanol–water partition coefficient (Wildman–Crippen LogP) is 9.15. The summed E-state index contributed by atoms with van der Waals surface area (Å²) in [6, 6.07) is 15.8. The van der Waals surface area contributed by atoms with Crippen molar-refractivity contribution in [3.8, 4) is 29.2 Å². The van der Waals surface area contributed by atoms with Crippen molar-refractivity contribution in [2.24, 2.45) is 16.2 Å². The Morgan fingerprint density at radius 1 is 0.860 bits per heavy atom. The van der Waals surface area contributed by atoms with Gasteiger partial charge in [0.1, 0.15) is 29.3 Å². The molecule has 1 heterocycles. The number of carbonyl (C=O) groups excluding carboxylic acids is 1. The van der Waals surface area contributed by atoms with Gasteiger partial charge in [0.05, 0.1) is 0 Å². The fraction of sp³-hybridized carbons (Fsp3) is 0.406. The Labute approximate surface area is 250 Å². The number of rotatable bonds is 8. The summed E-state index contributed by atoms with van der Waals surface area (Å²) in [6.07, 6.45) is -5.07. The summed E-state index contributed by atoms with van der Waals surface area (Å²) in [6.45, 7) is 17.4. The number of carbonyl (C=O) groups is 1. The second kappa shape index (κ2) is 12.4. The Morgan fingerprint density at radius 3 is 2.00 bits per heavy atom. The van der Waals surface area contributed by atoms with Gasteiger partial charge < -0.3 is 24.8 Å². The van der Waals surface area contributed by atoms with Crippen LogP contribution in [0.15, 0.2) is 60.7 Å². The van der Waals surface area contributed by atoms with Crippen molar-refractivity contribution < 1.29 is 32.2 Å². The molecular weight excluding hydrogens is 561 g/mol. The van der Waals surface area contributed by atoms with E-state index in [1.54, 1.807) is 24.3 Å². The van der Waals surface area contributed by atoms with Crippen molar-refractivity contribution >= 4 is 17.4 Å². The second-order valence-corrected chi connectivity index (χ2v) is 12.7. The topological polar surface area (TPSA) is 106 Å². The smallest absolute Gasteiger partial charge is 0.489 e. The number of nitriles is 1. The SMILES string of the molecule is CC(C)(C)C(Oc1ccc(NC(=O)Nc2ccc(C#N)nc2Oc2ccccc2OC(F)(F)F)cc1)C(C)(C)C(C)(C)C. The molecule has 43 heavy (non-hydrogen) atoms. The molecule has 1 unspecified atom stereocenters. The van der Waals surface area contributed by atoms with E-state index in [4.69, 9.17) is 9.47 Å². The first kappa shape index (κ1) is 33.0. The summed E-state index contributed by atoms with van der Waals surface area (Å²) >= 11 is 0. The molecule has 0 saturated carbocycles. The zero-order valence-corrected chi connectivity index (χ0v) is 25.5. The first-order chi connectivity index (χ1) is 19.8. The van der Waals surface area contributed by atoms with Crippen LogP contribution < -0.4 is 24.8 Å². The molecule has 1 atom stereocenters. The van der Waals surface area contributed by atoms with Crippen LogP contribution in [0.3, 0.4) is 0 Å². The van der Waals surface area contributed by atoms with Gasteiger partial charge in [-0.3, -0.25) is 0 Å². The van der Waals surface area contributed by atoms with Crippen LogP contribution in [0, 0.1) is 27.6 Å². The lowest BCUT2D eigenvalue weighted by Gasteiger charge is -2.49. The largest absolute Gasteiger partial charge is 0.573 e. The summed E-state index contributed by atoms with van der Waals surface area (Å²) in [5, 5.41) is 14.5. The van der Waals surface area contributed by atoms with Crippen LogP contribution in [0.25, 0.3) is 0 Å². The van der Waals surface area contributed by atoms with Crippen LogP contribution in [0.2, 0.25) is 0 Å². The second-order valence-electron chi connectivity index (χ2n) is 12.7. The highest BCUT2D eigenvalue weighted by atomic mass is 19.4. The third-order valence-corrected chi connectivity index (χ3v) is 7.25. The van der Waals surface area contributed by atoms with E-state index in [1.807, 2.05) is 6.07 Å². The number of anilines is 2. The Hall–Kier alpha value is -4.46. The van der Waals surface area contributed by atoms with Crippen molar-refractivity contribution in [3.05, 3.63) is 66.4 Å². The standard InChI is InChI=1S/C32H37F3N4O4/c1-29(2,3)27(31(7,8)30(4,5)6)41-22-16-13-20(14-17-22)38-28(40)39-23-18-15-21(19-36)37-26(23)42-24-11-9-10-12-25(24)43-32(33,34)35/h9-18,27H,1-8H3,(H2,38,39,40). The third kappa shape index (κ3) is 8.77. The van der Waals surface area contributed by atoms with Crippen molar-refractivity contribution in [1.82, 2.24) is 4.98 Å². The van der Waals surface area contributed by atoms with Crippen LogP contribution in [0.5, 0.6) is 23.1 Å². The average Bonchev–Trinajstić information content (AvgIpc) is 2.88. The number of aromatic nitrogens is 1. The minimum Gasteiger partial charge on any atom is -0.489 e. The van der Waals surface area contributed by atoms with Crippen molar-refractivity contribution in [2.45, 2.75) is 67.9 Å². The number of benzene rings is 2. The number of halogens is 3. The van der Waals surface area contributed by atoms with E-state index in [0.717, 1.165) is 6.07 Å². The minimum absolute atomic E-state index is 0.00990. The molecule has 3 rings (SSSR count). The molecule has 8 nitrogen and oxygen atoms in total. The summed E-state index contributed by atoms with van der Waals surface area (Å²) in [5.74, 6) is -0.582. The molecule has 230 valence electrons. The molecule has 0 aliphatic heterocycles. The summed E-state index contributed by atoms with van der Waals surface area (Å²) in [7, 11) is 0. The summed E-state index contributed by atoms with van der Waals surface area (Å²) < 4.78 is 54.7. The number of hydrogen-bond acceptors (Lipinski definition) is 6. The normalized spacial score (nSPS) is 13.0. The summed E-state index contributed by atoms with van der Waals surface area (Å²) in [5.41, 5.74) is 0.0453. The maximum atomic E-state index is 12.9. The molecule has 2 N–H and O–H groups in total. The maximum absolute atomic E-state index is 12.9. The lowest BCUT2D eigenvalue weighted by molar-refractivity contribution is -0.275. The van der Waals surface area contributed by atoms with Gasteiger partial charge in [-0.2, -0.15) is 5.26 Å². The van der Waals surface area contributed by atoms with Gasteiger partial charge in [0, 0.05) is 11.1 Å². The van der Waals surface area contributed by atoms with Gasteiger partial charge in [-0.15, -0.1) is 13.2 Å². The molecule has 0 spiro atoms. The van der Waals surface area contributed by atoms with E-state index in [2.05, 4.69) is 75.7 Å². The fourth-order valence-electron chi connectivity index (χ4n) is 4.36. The van der Waals surface area contributed by atoms with E-state index in [-0.39, 0.29) is 45.4 Å².